The number of rotatable bonds is 5. The zero-order chi connectivity index (χ0) is 18.1. The molecule has 5 heteroatoms. The fraction of sp³-hybridized carbons (Fsp3) is 0.286. The first-order valence-electron chi connectivity index (χ1n) is 8.99. The number of benzene rings is 2. The molecule has 2 N–H and O–H groups in total. The van der Waals surface area contributed by atoms with E-state index < -0.39 is 0 Å². The largest absolute Gasteiger partial charge is 0.363 e. The summed E-state index contributed by atoms with van der Waals surface area (Å²) >= 11 is 0. The summed E-state index contributed by atoms with van der Waals surface area (Å²) in [6, 6.07) is 14.2. The van der Waals surface area contributed by atoms with Crippen molar-refractivity contribution < 1.29 is 4.79 Å². The number of hydrogen-bond acceptors (Lipinski definition) is 4. The fourth-order valence-electron chi connectivity index (χ4n) is 3.08. The molecule has 132 valence electrons. The second-order valence-corrected chi connectivity index (χ2v) is 6.94. The molecule has 1 heterocycles. The lowest BCUT2D eigenvalue weighted by atomic mass is 10.1. The average Bonchev–Trinajstić information content (AvgIpc) is 3.48. The average molecular weight is 346 g/mol. The molecule has 0 radical (unpaired) electrons. The molecule has 1 saturated carbocycles. The van der Waals surface area contributed by atoms with E-state index in [1.54, 1.807) is 6.33 Å². The number of nitrogens with zero attached hydrogens (tertiary/aromatic N) is 2. The smallest absolute Gasteiger partial charge is 0.227 e. The topological polar surface area (TPSA) is 66.9 Å². The maximum Gasteiger partial charge on any atom is 0.227 e. The molecule has 0 bridgehead atoms. The molecule has 0 saturated heterocycles. The van der Waals surface area contributed by atoms with Gasteiger partial charge in [0.15, 0.2) is 0 Å². The number of anilines is 2. The van der Waals surface area contributed by atoms with Crippen molar-refractivity contribution in [2.75, 3.05) is 10.6 Å². The Morgan fingerprint density at radius 2 is 1.88 bits per heavy atom. The number of aryl methyl sites for hydroxylation is 1. The van der Waals surface area contributed by atoms with E-state index in [9.17, 15) is 4.79 Å². The van der Waals surface area contributed by atoms with Gasteiger partial charge in [0.1, 0.15) is 12.1 Å². The highest BCUT2D eigenvalue weighted by atomic mass is 16.2. The Morgan fingerprint density at radius 1 is 1.12 bits per heavy atom. The van der Waals surface area contributed by atoms with E-state index in [1.807, 2.05) is 36.4 Å². The number of para-hydroxylation sites is 1. The van der Waals surface area contributed by atoms with Crippen LogP contribution in [0.15, 0.2) is 48.8 Å². The Labute approximate surface area is 152 Å². The van der Waals surface area contributed by atoms with Crippen molar-refractivity contribution >= 4 is 28.3 Å². The van der Waals surface area contributed by atoms with Gasteiger partial charge in [-0.25, -0.2) is 9.97 Å². The zero-order valence-corrected chi connectivity index (χ0v) is 15.0. The van der Waals surface area contributed by atoms with Gasteiger partial charge in [-0.1, -0.05) is 24.3 Å². The second kappa shape index (κ2) is 6.75. The van der Waals surface area contributed by atoms with Crippen molar-refractivity contribution in [1.29, 1.82) is 0 Å². The minimum atomic E-state index is 0.0850. The molecule has 26 heavy (non-hydrogen) atoms. The highest BCUT2D eigenvalue weighted by Gasteiger charge is 2.29. The Balaban J connectivity index is 1.50. The number of aromatic nitrogens is 2. The van der Waals surface area contributed by atoms with Crippen molar-refractivity contribution in [3.8, 4) is 0 Å². The van der Waals surface area contributed by atoms with Gasteiger partial charge in [0.25, 0.3) is 0 Å². The van der Waals surface area contributed by atoms with Crippen molar-refractivity contribution in [2.24, 2.45) is 5.92 Å². The third-order valence-corrected chi connectivity index (χ3v) is 4.85. The molecule has 4 rings (SSSR count). The molecule has 5 nitrogen and oxygen atoms in total. The summed E-state index contributed by atoms with van der Waals surface area (Å²) in [5, 5.41) is 7.47. The number of carbonyl (C=O) groups is 1. The van der Waals surface area contributed by atoms with Gasteiger partial charge in [-0.2, -0.15) is 0 Å². The predicted octanol–water partition coefficient (Wildman–Crippen LogP) is 4.46. The van der Waals surface area contributed by atoms with E-state index in [0.717, 1.165) is 46.4 Å². The first-order chi connectivity index (χ1) is 12.6. The molecular formula is C21H22N4O. The van der Waals surface area contributed by atoms with Crippen LogP contribution in [-0.4, -0.2) is 15.9 Å². The van der Waals surface area contributed by atoms with Crippen LogP contribution in [-0.2, 0) is 4.79 Å². The van der Waals surface area contributed by atoms with Gasteiger partial charge in [-0.15, -0.1) is 0 Å². The summed E-state index contributed by atoms with van der Waals surface area (Å²) in [6.45, 7) is 4.15. The van der Waals surface area contributed by atoms with Gasteiger partial charge >= 0.3 is 0 Å². The molecule has 0 unspecified atom stereocenters. The van der Waals surface area contributed by atoms with Crippen LogP contribution in [0.3, 0.4) is 0 Å². The summed E-state index contributed by atoms with van der Waals surface area (Å²) in [4.78, 5) is 20.7. The van der Waals surface area contributed by atoms with E-state index in [-0.39, 0.29) is 17.9 Å². The van der Waals surface area contributed by atoms with Crippen LogP contribution in [0.5, 0.6) is 0 Å². The molecule has 0 spiro atoms. The molecule has 1 aliphatic rings. The quantitative estimate of drug-likeness (QED) is 0.716. The number of carbonyl (C=O) groups excluding carboxylic acids is 1. The lowest BCUT2D eigenvalue weighted by molar-refractivity contribution is -0.117. The van der Waals surface area contributed by atoms with E-state index in [0.29, 0.717) is 0 Å². The maximum atomic E-state index is 11.8. The highest BCUT2D eigenvalue weighted by molar-refractivity contribution is 5.94. The molecule has 2 aromatic carbocycles. The SMILES string of the molecule is Cc1cccc2c(N[C@@H](C)c3ccc(NC(=O)C4CC4)cc3)ncnc12. The summed E-state index contributed by atoms with van der Waals surface area (Å²) in [6.07, 6.45) is 3.62. The van der Waals surface area contributed by atoms with Crippen LogP contribution in [0, 0.1) is 12.8 Å². The zero-order valence-electron chi connectivity index (χ0n) is 15.0. The van der Waals surface area contributed by atoms with Gasteiger partial charge in [0, 0.05) is 23.0 Å². The molecular weight excluding hydrogens is 324 g/mol. The molecule has 1 fully saturated rings. The van der Waals surface area contributed by atoms with Crippen molar-refractivity contribution in [1.82, 2.24) is 9.97 Å². The van der Waals surface area contributed by atoms with E-state index in [2.05, 4.69) is 40.5 Å². The highest BCUT2D eigenvalue weighted by Crippen LogP contribution is 2.30. The Morgan fingerprint density at radius 3 is 2.62 bits per heavy atom. The van der Waals surface area contributed by atoms with E-state index >= 15 is 0 Å². The summed E-state index contributed by atoms with van der Waals surface area (Å²) < 4.78 is 0. The van der Waals surface area contributed by atoms with Crippen LogP contribution in [0.2, 0.25) is 0 Å². The number of amides is 1. The predicted molar refractivity (Wildman–Crippen MR) is 104 cm³/mol. The fourth-order valence-corrected chi connectivity index (χ4v) is 3.08. The Bertz CT molecular complexity index is 948. The minimum Gasteiger partial charge on any atom is -0.363 e. The molecule has 3 aromatic rings. The Kier molecular flexibility index (Phi) is 4.29. The van der Waals surface area contributed by atoms with Gasteiger partial charge in [-0.05, 0) is 56.0 Å². The van der Waals surface area contributed by atoms with Crippen LogP contribution in [0.25, 0.3) is 10.9 Å². The van der Waals surface area contributed by atoms with E-state index in [4.69, 9.17) is 0 Å². The second-order valence-electron chi connectivity index (χ2n) is 6.94. The third-order valence-electron chi connectivity index (χ3n) is 4.85. The lowest BCUT2D eigenvalue weighted by Crippen LogP contribution is -2.13. The number of nitrogens with one attached hydrogen (secondary N) is 2. The van der Waals surface area contributed by atoms with Gasteiger partial charge in [0.2, 0.25) is 5.91 Å². The molecule has 1 amide bonds. The first kappa shape index (κ1) is 16.5. The van der Waals surface area contributed by atoms with Crippen LogP contribution < -0.4 is 10.6 Å². The summed E-state index contributed by atoms with van der Waals surface area (Å²) in [5.41, 5.74) is 4.08. The first-order valence-corrected chi connectivity index (χ1v) is 8.99. The van der Waals surface area contributed by atoms with Crippen molar-refractivity contribution in [2.45, 2.75) is 32.7 Å². The molecule has 1 aromatic heterocycles. The Hall–Kier alpha value is -2.95. The van der Waals surface area contributed by atoms with Crippen molar-refractivity contribution in [3.63, 3.8) is 0 Å². The summed E-state index contributed by atoms with van der Waals surface area (Å²) in [5.74, 6) is 1.17. The maximum absolute atomic E-state index is 11.8. The normalized spacial score (nSPS) is 14.8. The standard InChI is InChI=1S/C21H22N4O/c1-13-4-3-5-18-19(13)22-12-23-20(18)24-14(2)15-8-10-17(11-9-15)25-21(26)16-6-7-16/h3-5,8-12,14,16H,6-7H2,1-2H3,(H,25,26)(H,22,23,24)/t14-/m0/s1. The van der Waals surface area contributed by atoms with E-state index in [1.165, 1.54) is 0 Å². The van der Waals surface area contributed by atoms with Crippen molar-refractivity contribution in [3.05, 3.63) is 59.9 Å². The number of fused-ring (bicyclic) bond motifs is 1. The van der Waals surface area contributed by atoms with Crippen LogP contribution >= 0.6 is 0 Å². The lowest BCUT2D eigenvalue weighted by Gasteiger charge is -2.17. The van der Waals surface area contributed by atoms with Gasteiger partial charge < -0.3 is 10.6 Å². The van der Waals surface area contributed by atoms with Crippen LogP contribution in [0.1, 0.15) is 36.9 Å². The number of hydrogen-bond donors (Lipinski definition) is 2. The van der Waals surface area contributed by atoms with Gasteiger partial charge in [-0.3, -0.25) is 4.79 Å². The van der Waals surface area contributed by atoms with Crippen LogP contribution in [0.4, 0.5) is 11.5 Å². The third kappa shape index (κ3) is 3.38. The molecule has 1 atom stereocenters. The monoisotopic (exact) mass is 346 g/mol. The van der Waals surface area contributed by atoms with Gasteiger partial charge in [0.05, 0.1) is 5.52 Å². The molecule has 1 aliphatic carbocycles. The summed E-state index contributed by atoms with van der Waals surface area (Å²) in [7, 11) is 0. The molecule has 0 aliphatic heterocycles. The minimum absolute atomic E-state index is 0.0850.